The molecule has 2 fully saturated rings. The Morgan fingerprint density at radius 3 is 2.52 bits per heavy atom. The number of likely N-dealkylation sites (tertiary alicyclic amines) is 1. The molecule has 3 aliphatic heterocycles. The topological polar surface area (TPSA) is 51.2 Å². The van der Waals surface area contributed by atoms with Crippen molar-refractivity contribution in [3.8, 4) is 0 Å². The number of rotatable bonds is 10. The second-order valence-corrected chi connectivity index (χ2v) is 10.6. The zero-order chi connectivity index (χ0) is 29.1. The first-order chi connectivity index (χ1) is 19.3. The molecule has 1 N–H and O–H groups in total. The highest BCUT2D eigenvalue weighted by atomic mass is 19.1. The number of hydrogen-bond donors (Lipinski definition) is 1. The van der Waals surface area contributed by atoms with E-state index in [0.29, 0.717) is 36.2 Å². The molecule has 40 heavy (non-hydrogen) atoms. The number of nitrogens with one attached hydrogen (secondary N) is 1. The van der Waals surface area contributed by atoms with Gasteiger partial charge in [0.1, 0.15) is 11.7 Å². The van der Waals surface area contributed by atoms with Crippen LogP contribution in [0.2, 0.25) is 0 Å². The monoisotopic (exact) mass is 547 g/mol. The summed E-state index contributed by atoms with van der Waals surface area (Å²) in [7, 11) is 1.64. The van der Waals surface area contributed by atoms with Crippen LogP contribution in [0, 0.1) is 0 Å². The van der Waals surface area contributed by atoms with Crippen molar-refractivity contribution in [1.82, 2.24) is 20.0 Å². The summed E-state index contributed by atoms with van der Waals surface area (Å²) in [4.78, 5) is 24.6. The first kappa shape index (κ1) is 31.2. The summed E-state index contributed by atoms with van der Waals surface area (Å²) in [6.07, 6.45) is 17.9. The lowest BCUT2D eigenvalue weighted by molar-refractivity contribution is -0.116. The fourth-order valence-electron chi connectivity index (χ4n) is 5.65. The molecule has 7 heteroatoms. The smallest absolute Gasteiger partial charge is 0.252 e. The van der Waals surface area contributed by atoms with E-state index in [4.69, 9.17) is 4.99 Å². The Bertz CT molecular complexity index is 1130. The van der Waals surface area contributed by atoms with Crippen molar-refractivity contribution in [3.05, 3.63) is 96.6 Å². The molecule has 0 bridgehead atoms. The summed E-state index contributed by atoms with van der Waals surface area (Å²) in [5, 5.41) is 2.72. The van der Waals surface area contributed by atoms with E-state index in [2.05, 4.69) is 46.7 Å². The lowest BCUT2D eigenvalue weighted by atomic mass is 9.96. The summed E-state index contributed by atoms with van der Waals surface area (Å²) in [6.45, 7) is 20.7. The molecule has 0 aromatic rings. The van der Waals surface area contributed by atoms with Crippen LogP contribution in [0.5, 0.6) is 0 Å². The van der Waals surface area contributed by atoms with E-state index < -0.39 is 0 Å². The van der Waals surface area contributed by atoms with Gasteiger partial charge in [0.25, 0.3) is 5.91 Å². The number of likely N-dealkylation sites (N-methyl/N-ethyl adjacent to an activating group) is 1. The number of allylic oxidation sites excluding steroid dienone is 8. The number of piperazine rings is 1. The van der Waals surface area contributed by atoms with Gasteiger partial charge in [0, 0.05) is 63.5 Å². The fraction of sp³-hybridized carbons (Fsp3) is 0.455. The Hall–Kier alpha value is -3.29. The van der Waals surface area contributed by atoms with Crippen LogP contribution in [0.3, 0.4) is 0 Å². The Balaban J connectivity index is 1.63. The van der Waals surface area contributed by atoms with Crippen LogP contribution in [0.1, 0.15) is 39.5 Å². The molecule has 0 aliphatic carbocycles. The highest BCUT2D eigenvalue weighted by Crippen LogP contribution is 2.27. The SMILES string of the molecule is C=C/C=C\C=C1/CC(N2CCN(C3CCN(C/C(C=C)=C(F)/C=C(/C)C=C)CC3)C(CC)C2)=NC=C1C(=O)NC. The molecule has 6 nitrogen and oxygen atoms in total. The predicted octanol–water partition coefficient (Wildman–Crippen LogP) is 5.49. The lowest BCUT2D eigenvalue weighted by Crippen LogP contribution is -2.59. The second-order valence-electron chi connectivity index (χ2n) is 10.6. The zero-order valence-corrected chi connectivity index (χ0v) is 24.5. The molecule has 0 aromatic heterocycles. The summed E-state index contributed by atoms with van der Waals surface area (Å²) < 4.78 is 14.7. The van der Waals surface area contributed by atoms with E-state index in [-0.39, 0.29) is 11.7 Å². The third-order valence-corrected chi connectivity index (χ3v) is 8.07. The Morgan fingerprint density at radius 1 is 1.15 bits per heavy atom. The van der Waals surface area contributed by atoms with Gasteiger partial charge in [0.15, 0.2) is 0 Å². The molecule has 0 aromatic carbocycles. The van der Waals surface area contributed by atoms with Crippen molar-refractivity contribution in [2.75, 3.05) is 46.3 Å². The molecule has 0 spiro atoms. The van der Waals surface area contributed by atoms with E-state index in [9.17, 15) is 9.18 Å². The molecule has 1 atom stereocenters. The van der Waals surface area contributed by atoms with Crippen molar-refractivity contribution in [1.29, 1.82) is 0 Å². The van der Waals surface area contributed by atoms with Gasteiger partial charge in [-0.05, 0) is 56.5 Å². The molecular weight excluding hydrogens is 501 g/mol. The van der Waals surface area contributed by atoms with Crippen molar-refractivity contribution in [2.24, 2.45) is 4.99 Å². The second kappa shape index (κ2) is 15.5. The molecule has 216 valence electrons. The fourth-order valence-corrected chi connectivity index (χ4v) is 5.65. The average molecular weight is 548 g/mol. The van der Waals surface area contributed by atoms with E-state index in [1.165, 1.54) is 6.08 Å². The van der Waals surface area contributed by atoms with Gasteiger partial charge in [0.05, 0.1) is 5.57 Å². The minimum atomic E-state index is -0.227. The normalized spacial score (nSPS) is 23.5. The van der Waals surface area contributed by atoms with Crippen LogP contribution in [-0.4, -0.2) is 84.8 Å². The number of piperidine rings is 1. The quantitative estimate of drug-likeness (QED) is 0.368. The zero-order valence-electron chi connectivity index (χ0n) is 24.5. The molecule has 0 saturated carbocycles. The number of amidine groups is 1. The van der Waals surface area contributed by atoms with Gasteiger partial charge in [0.2, 0.25) is 0 Å². The Labute approximate surface area is 240 Å². The van der Waals surface area contributed by atoms with Crippen LogP contribution in [0.25, 0.3) is 0 Å². The molecule has 3 aliphatic rings. The van der Waals surface area contributed by atoms with Gasteiger partial charge < -0.3 is 10.2 Å². The maximum Gasteiger partial charge on any atom is 0.252 e. The largest absolute Gasteiger partial charge is 0.357 e. The Morgan fingerprint density at radius 2 is 1.90 bits per heavy atom. The third-order valence-electron chi connectivity index (χ3n) is 8.07. The molecule has 2 saturated heterocycles. The van der Waals surface area contributed by atoms with Crippen molar-refractivity contribution < 1.29 is 9.18 Å². The minimum absolute atomic E-state index is 0.120. The summed E-state index contributed by atoms with van der Waals surface area (Å²) in [5.41, 5.74) is 3.01. The van der Waals surface area contributed by atoms with Gasteiger partial charge in [-0.1, -0.05) is 63.1 Å². The molecule has 0 radical (unpaired) electrons. The van der Waals surface area contributed by atoms with Crippen LogP contribution in [0.4, 0.5) is 4.39 Å². The van der Waals surface area contributed by atoms with Crippen LogP contribution >= 0.6 is 0 Å². The number of carbonyl (C=O) groups excluding carboxylic acids is 1. The summed E-state index contributed by atoms with van der Waals surface area (Å²) >= 11 is 0. The number of hydrogen-bond acceptors (Lipinski definition) is 5. The molecule has 3 heterocycles. The van der Waals surface area contributed by atoms with Crippen LogP contribution < -0.4 is 5.32 Å². The first-order valence-corrected chi connectivity index (χ1v) is 14.4. The number of aliphatic imine (C=N–C) groups is 1. The summed E-state index contributed by atoms with van der Waals surface area (Å²) in [5.74, 6) is 0.671. The average Bonchev–Trinajstić information content (AvgIpc) is 2.99. The molecule has 1 unspecified atom stereocenters. The molecule has 3 rings (SSSR count). The van der Waals surface area contributed by atoms with Crippen molar-refractivity contribution in [3.63, 3.8) is 0 Å². The van der Waals surface area contributed by atoms with E-state index in [1.54, 1.807) is 31.5 Å². The predicted molar refractivity (Wildman–Crippen MR) is 166 cm³/mol. The van der Waals surface area contributed by atoms with Gasteiger partial charge in [-0.25, -0.2) is 9.38 Å². The van der Waals surface area contributed by atoms with Crippen molar-refractivity contribution in [2.45, 2.75) is 51.6 Å². The highest BCUT2D eigenvalue weighted by Gasteiger charge is 2.34. The standard InChI is InChI=1S/C33H46FN5O/c1-7-11-12-13-27-21-32(36-22-30(27)33(40)35-6)38-18-19-39(28(10-4)24-38)29-14-16-37(17-15-29)23-26(9-3)31(34)20-25(5)8-2/h7-9,11-13,20,22,28-29H,1-3,10,14-19,21,23-24H2,4-6H3,(H,35,40)/b12-11-,25-20-,27-13+,31-26-. The van der Waals surface area contributed by atoms with E-state index in [1.807, 2.05) is 25.2 Å². The maximum atomic E-state index is 14.7. The third kappa shape index (κ3) is 8.12. The molecule has 1 amide bonds. The van der Waals surface area contributed by atoms with Crippen LogP contribution in [-0.2, 0) is 4.79 Å². The first-order valence-electron chi connectivity index (χ1n) is 14.4. The number of amides is 1. The van der Waals surface area contributed by atoms with Gasteiger partial charge >= 0.3 is 0 Å². The van der Waals surface area contributed by atoms with Gasteiger partial charge in [-0.2, -0.15) is 0 Å². The van der Waals surface area contributed by atoms with Gasteiger partial charge in [-0.15, -0.1) is 0 Å². The van der Waals surface area contributed by atoms with Crippen molar-refractivity contribution >= 4 is 11.7 Å². The van der Waals surface area contributed by atoms with E-state index in [0.717, 1.165) is 69.0 Å². The molecular formula is C33H46FN5O. The highest BCUT2D eigenvalue weighted by molar-refractivity contribution is 6.02. The number of nitrogens with zero attached hydrogens (tertiary/aromatic N) is 4. The Kier molecular flexibility index (Phi) is 12.1. The number of carbonyl (C=O) groups is 1. The van der Waals surface area contributed by atoms with Crippen LogP contribution in [0.15, 0.2) is 102 Å². The lowest BCUT2D eigenvalue weighted by Gasteiger charge is -2.48. The summed E-state index contributed by atoms with van der Waals surface area (Å²) in [6, 6.07) is 0.971. The van der Waals surface area contributed by atoms with E-state index >= 15 is 0 Å². The number of halogens is 1. The minimum Gasteiger partial charge on any atom is -0.357 e. The maximum absolute atomic E-state index is 14.7. The van der Waals surface area contributed by atoms with Gasteiger partial charge in [-0.3, -0.25) is 14.6 Å².